The highest BCUT2D eigenvalue weighted by molar-refractivity contribution is 5.83. The smallest absolute Gasteiger partial charge is 0.390 e. The van der Waals surface area contributed by atoms with Gasteiger partial charge in [0.1, 0.15) is 11.5 Å². The van der Waals surface area contributed by atoms with Crippen LogP contribution in [-0.2, 0) is 14.9 Å². The second-order valence-corrected chi connectivity index (χ2v) is 6.33. The average molecular weight is 360 g/mol. The van der Waals surface area contributed by atoms with E-state index in [1.165, 1.54) is 12.1 Å². The third-order valence-electron chi connectivity index (χ3n) is 4.35. The number of benzene rings is 1. The topological polar surface area (TPSA) is 46.5 Å². The monoisotopic (exact) mass is 360 g/mol. The van der Waals surface area contributed by atoms with Gasteiger partial charge in [-0.2, -0.15) is 13.2 Å². The van der Waals surface area contributed by atoms with Crippen LogP contribution >= 0.6 is 0 Å². The van der Waals surface area contributed by atoms with Crippen LogP contribution in [0, 0.1) is 0 Å². The minimum Gasteiger partial charge on any atom is -0.462 e. The molecular formula is C19H27F3O3. The molecule has 0 aliphatic rings. The van der Waals surface area contributed by atoms with Crippen LogP contribution < -0.4 is 0 Å². The van der Waals surface area contributed by atoms with Gasteiger partial charge < -0.3 is 9.84 Å². The molecule has 0 aromatic heterocycles. The van der Waals surface area contributed by atoms with Gasteiger partial charge in [0.05, 0.1) is 13.0 Å². The summed E-state index contributed by atoms with van der Waals surface area (Å²) in [6.45, 7) is 2.92. The molecule has 1 N–H and O–H groups in total. The third-order valence-corrected chi connectivity index (χ3v) is 4.35. The number of aliphatic hydroxyl groups excluding tert-OH is 1. The fourth-order valence-electron chi connectivity index (χ4n) is 2.84. The van der Waals surface area contributed by atoms with Gasteiger partial charge in [0.2, 0.25) is 0 Å². The molecule has 1 aromatic carbocycles. The highest BCUT2D eigenvalue weighted by atomic mass is 19.4. The lowest BCUT2D eigenvalue weighted by atomic mass is 9.78. The zero-order valence-electron chi connectivity index (χ0n) is 14.8. The predicted octanol–water partition coefficient (Wildman–Crippen LogP) is 4.77. The fraction of sp³-hybridized carbons (Fsp3) is 0.632. The Hall–Kier alpha value is -1.56. The minimum absolute atomic E-state index is 0.114. The lowest BCUT2D eigenvalue weighted by Crippen LogP contribution is -2.46. The summed E-state index contributed by atoms with van der Waals surface area (Å²) in [5.41, 5.74) is -2.01. The standard InChI is InChI=1S/C19H27F3O3/c1-3-5-7-12-16(4-2)25-17(24)18(14-23,13-19(20,21)22)15-10-8-6-9-11-15/h6,8-11,16,23H,3-5,7,12-14H2,1-2H3. The zero-order chi connectivity index (χ0) is 18.9. The molecule has 0 heterocycles. The average Bonchev–Trinajstić information content (AvgIpc) is 2.58. The van der Waals surface area contributed by atoms with Crippen molar-refractivity contribution in [3.05, 3.63) is 35.9 Å². The van der Waals surface area contributed by atoms with Crippen LogP contribution in [0.4, 0.5) is 13.2 Å². The summed E-state index contributed by atoms with van der Waals surface area (Å²) in [5, 5.41) is 9.76. The number of esters is 1. The van der Waals surface area contributed by atoms with Gasteiger partial charge in [-0.3, -0.25) is 4.79 Å². The summed E-state index contributed by atoms with van der Waals surface area (Å²) < 4.78 is 44.8. The minimum atomic E-state index is -4.61. The number of hydrogen-bond donors (Lipinski definition) is 1. The van der Waals surface area contributed by atoms with E-state index >= 15 is 0 Å². The first-order valence-corrected chi connectivity index (χ1v) is 8.73. The van der Waals surface area contributed by atoms with Crippen molar-refractivity contribution in [3.8, 4) is 0 Å². The molecule has 0 bridgehead atoms. The van der Waals surface area contributed by atoms with Crippen molar-refractivity contribution < 1.29 is 27.8 Å². The molecule has 142 valence electrons. The molecule has 0 radical (unpaired) electrons. The van der Waals surface area contributed by atoms with Crippen LogP contribution in [0.1, 0.15) is 57.9 Å². The summed E-state index contributed by atoms with van der Waals surface area (Å²) in [6.07, 6.45) is -2.55. The predicted molar refractivity (Wildman–Crippen MR) is 90.2 cm³/mol. The van der Waals surface area contributed by atoms with Crippen LogP contribution in [0.15, 0.2) is 30.3 Å². The van der Waals surface area contributed by atoms with E-state index < -0.39 is 36.7 Å². The molecule has 6 heteroatoms. The maximum atomic E-state index is 13.1. The lowest BCUT2D eigenvalue weighted by Gasteiger charge is -2.32. The van der Waals surface area contributed by atoms with Gasteiger partial charge in [-0.1, -0.05) is 57.0 Å². The number of rotatable bonds is 10. The number of carbonyl (C=O) groups is 1. The Bertz CT molecular complexity index is 516. The molecule has 2 atom stereocenters. The highest BCUT2D eigenvalue weighted by Crippen LogP contribution is 2.38. The quantitative estimate of drug-likeness (QED) is 0.483. The highest BCUT2D eigenvalue weighted by Gasteiger charge is 2.50. The van der Waals surface area contributed by atoms with E-state index in [9.17, 15) is 23.1 Å². The van der Waals surface area contributed by atoms with Crippen LogP contribution in [-0.4, -0.2) is 30.0 Å². The SMILES string of the molecule is CCCCCC(CC)OC(=O)C(CO)(CC(F)(F)F)c1ccccc1. The number of alkyl halides is 3. The van der Waals surface area contributed by atoms with E-state index in [1.54, 1.807) is 18.2 Å². The number of ether oxygens (including phenoxy) is 1. The molecular weight excluding hydrogens is 333 g/mol. The van der Waals surface area contributed by atoms with Crippen molar-refractivity contribution in [2.24, 2.45) is 0 Å². The van der Waals surface area contributed by atoms with Crippen molar-refractivity contribution in [2.45, 2.75) is 70.1 Å². The Morgan fingerprint density at radius 2 is 1.80 bits per heavy atom. The summed E-state index contributed by atoms with van der Waals surface area (Å²) in [4.78, 5) is 12.7. The maximum absolute atomic E-state index is 13.1. The molecule has 3 nitrogen and oxygen atoms in total. The maximum Gasteiger partial charge on any atom is 0.390 e. The largest absolute Gasteiger partial charge is 0.462 e. The van der Waals surface area contributed by atoms with Gasteiger partial charge in [0.25, 0.3) is 0 Å². The zero-order valence-corrected chi connectivity index (χ0v) is 14.8. The number of carbonyl (C=O) groups excluding carboxylic acids is 1. The van der Waals surface area contributed by atoms with Gasteiger partial charge in [0.15, 0.2) is 0 Å². The third kappa shape index (κ3) is 6.34. The molecule has 2 unspecified atom stereocenters. The first kappa shape index (κ1) is 21.5. The van der Waals surface area contributed by atoms with Crippen LogP contribution in [0.5, 0.6) is 0 Å². The van der Waals surface area contributed by atoms with Crippen LogP contribution in [0.2, 0.25) is 0 Å². The molecule has 0 saturated heterocycles. The Balaban J connectivity index is 3.07. The van der Waals surface area contributed by atoms with Gasteiger partial charge in [0, 0.05) is 0 Å². The van der Waals surface area contributed by atoms with E-state index in [0.29, 0.717) is 12.8 Å². The van der Waals surface area contributed by atoms with Gasteiger partial charge in [-0.05, 0) is 24.8 Å². The second kappa shape index (κ2) is 9.80. The van der Waals surface area contributed by atoms with Gasteiger partial charge in [-0.25, -0.2) is 0 Å². The van der Waals surface area contributed by atoms with E-state index in [-0.39, 0.29) is 5.56 Å². The van der Waals surface area contributed by atoms with E-state index in [1.807, 2.05) is 13.8 Å². The van der Waals surface area contributed by atoms with Gasteiger partial charge >= 0.3 is 12.1 Å². The van der Waals surface area contributed by atoms with E-state index in [2.05, 4.69) is 0 Å². The first-order chi connectivity index (χ1) is 11.8. The molecule has 0 aliphatic heterocycles. The van der Waals surface area contributed by atoms with Crippen molar-refractivity contribution in [2.75, 3.05) is 6.61 Å². The molecule has 1 aromatic rings. The molecule has 1 rings (SSSR count). The van der Waals surface area contributed by atoms with E-state index in [4.69, 9.17) is 4.74 Å². The number of unbranched alkanes of at least 4 members (excludes halogenated alkanes) is 2. The molecule has 0 amide bonds. The number of halogens is 3. The molecule has 25 heavy (non-hydrogen) atoms. The van der Waals surface area contributed by atoms with Crippen LogP contribution in [0.25, 0.3) is 0 Å². The van der Waals surface area contributed by atoms with E-state index in [0.717, 1.165) is 19.3 Å². The van der Waals surface area contributed by atoms with Crippen molar-refractivity contribution in [1.82, 2.24) is 0 Å². The van der Waals surface area contributed by atoms with Gasteiger partial charge in [-0.15, -0.1) is 0 Å². The molecule has 0 aliphatic carbocycles. The normalized spacial score (nSPS) is 15.4. The van der Waals surface area contributed by atoms with Crippen molar-refractivity contribution in [1.29, 1.82) is 0 Å². The molecule has 0 fully saturated rings. The Kier molecular flexibility index (Phi) is 8.42. The fourth-order valence-corrected chi connectivity index (χ4v) is 2.84. The number of aliphatic hydroxyl groups is 1. The van der Waals surface area contributed by atoms with Crippen LogP contribution in [0.3, 0.4) is 0 Å². The van der Waals surface area contributed by atoms with Crippen molar-refractivity contribution >= 4 is 5.97 Å². The summed E-state index contributed by atoms with van der Waals surface area (Å²) >= 11 is 0. The first-order valence-electron chi connectivity index (χ1n) is 8.73. The van der Waals surface area contributed by atoms with Crippen molar-refractivity contribution in [3.63, 3.8) is 0 Å². The second-order valence-electron chi connectivity index (χ2n) is 6.33. The number of hydrogen-bond acceptors (Lipinski definition) is 3. The summed E-state index contributed by atoms with van der Waals surface area (Å²) in [5.74, 6) is -1.01. The molecule has 0 spiro atoms. The summed E-state index contributed by atoms with van der Waals surface area (Å²) in [6, 6.07) is 7.57. The Labute approximate surface area is 147 Å². The summed E-state index contributed by atoms with van der Waals surface area (Å²) in [7, 11) is 0. The Morgan fingerprint density at radius 1 is 1.16 bits per heavy atom. The lowest BCUT2D eigenvalue weighted by molar-refractivity contribution is -0.180. The molecule has 0 saturated carbocycles. The Morgan fingerprint density at radius 3 is 2.28 bits per heavy atom.